The molecule has 0 bridgehead atoms. The molecule has 2 rings (SSSR count). The number of carbonyl (C=O) groups is 1. The number of rotatable bonds is 3. The minimum absolute atomic E-state index is 0.0432. The largest absolute Gasteiger partial charge is 0.392 e. The number of hydrogen-bond acceptors (Lipinski definition) is 4. The first kappa shape index (κ1) is 15.1. The zero-order valence-electron chi connectivity index (χ0n) is 11.6. The highest BCUT2D eigenvalue weighted by Gasteiger charge is 2.40. The maximum absolute atomic E-state index is 12.4. The van der Waals surface area contributed by atoms with Crippen molar-refractivity contribution in [3.8, 4) is 0 Å². The summed E-state index contributed by atoms with van der Waals surface area (Å²) in [7, 11) is 0. The van der Waals surface area contributed by atoms with Crippen molar-refractivity contribution < 1.29 is 9.53 Å². The molecule has 2 atom stereocenters. The summed E-state index contributed by atoms with van der Waals surface area (Å²) in [6.07, 6.45) is 4.82. The second-order valence-corrected chi connectivity index (χ2v) is 7.09. The lowest BCUT2D eigenvalue weighted by Gasteiger charge is -2.40. The summed E-state index contributed by atoms with van der Waals surface area (Å²) in [6.45, 7) is 4.10. The van der Waals surface area contributed by atoms with Crippen molar-refractivity contribution in [1.82, 2.24) is 4.90 Å². The number of carbonyl (C=O) groups excluding carboxylic acids is 1. The summed E-state index contributed by atoms with van der Waals surface area (Å²) >= 11 is 6.91. The predicted octanol–water partition coefficient (Wildman–Crippen LogP) is 1.42. The standard InChI is InChI=1S/C13H22N2O2S2/c1-9-7-10(8-17-9)11(16)15-5-3-13(19-2,4-6-15)12(14)18/h9-10H,3-8H2,1-2H3,(H2,14,18). The molecule has 2 unspecified atom stereocenters. The molecule has 2 N–H and O–H groups in total. The van der Waals surface area contributed by atoms with Crippen LogP contribution in [0.2, 0.25) is 0 Å². The molecule has 108 valence electrons. The molecule has 0 aromatic carbocycles. The van der Waals surface area contributed by atoms with E-state index in [2.05, 4.69) is 0 Å². The fourth-order valence-electron chi connectivity index (χ4n) is 2.89. The molecule has 19 heavy (non-hydrogen) atoms. The van der Waals surface area contributed by atoms with Crippen LogP contribution in [0, 0.1) is 5.92 Å². The van der Waals surface area contributed by atoms with Crippen LogP contribution in [-0.2, 0) is 9.53 Å². The highest BCUT2D eigenvalue weighted by atomic mass is 32.2. The highest BCUT2D eigenvalue weighted by molar-refractivity contribution is 8.02. The fraction of sp³-hybridized carbons (Fsp3) is 0.846. The highest BCUT2D eigenvalue weighted by Crippen LogP contribution is 2.35. The van der Waals surface area contributed by atoms with E-state index in [0.29, 0.717) is 11.6 Å². The van der Waals surface area contributed by atoms with Crippen LogP contribution in [0.25, 0.3) is 0 Å². The van der Waals surface area contributed by atoms with E-state index in [1.54, 1.807) is 11.8 Å². The number of amides is 1. The van der Waals surface area contributed by atoms with Gasteiger partial charge in [0.2, 0.25) is 5.91 Å². The minimum Gasteiger partial charge on any atom is -0.392 e. The summed E-state index contributed by atoms with van der Waals surface area (Å²) in [4.78, 5) is 14.9. The second kappa shape index (κ2) is 5.97. The Balaban J connectivity index is 1.92. The molecule has 2 saturated heterocycles. The van der Waals surface area contributed by atoms with Crippen molar-refractivity contribution in [2.24, 2.45) is 11.7 Å². The summed E-state index contributed by atoms with van der Waals surface area (Å²) in [5.74, 6) is 0.281. The smallest absolute Gasteiger partial charge is 0.228 e. The van der Waals surface area contributed by atoms with Gasteiger partial charge in [0.15, 0.2) is 0 Å². The van der Waals surface area contributed by atoms with Crippen molar-refractivity contribution in [3.05, 3.63) is 0 Å². The number of likely N-dealkylation sites (tertiary alicyclic amines) is 1. The molecule has 0 aromatic heterocycles. The zero-order chi connectivity index (χ0) is 14.0. The van der Waals surface area contributed by atoms with Crippen molar-refractivity contribution >= 4 is 34.9 Å². The Morgan fingerprint density at radius 2 is 2.11 bits per heavy atom. The lowest BCUT2D eigenvalue weighted by atomic mass is 9.94. The zero-order valence-corrected chi connectivity index (χ0v) is 13.2. The monoisotopic (exact) mass is 302 g/mol. The number of nitrogens with two attached hydrogens (primary N) is 1. The van der Waals surface area contributed by atoms with Gasteiger partial charge in [0.25, 0.3) is 0 Å². The Kier molecular flexibility index (Phi) is 4.74. The van der Waals surface area contributed by atoms with E-state index in [1.165, 1.54) is 0 Å². The van der Waals surface area contributed by atoms with Gasteiger partial charge >= 0.3 is 0 Å². The molecule has 0 aromatic rings. The number of ether oxygens (including phenoxy) is 1. The number of piperidine rings is 1. The lowest BCUT2D eigenvalue weighted by Crippen LogP contribution is -2.51. The third-order valence-electron chi connectivity index (χ3n) is 4.27. The number of thioether (sulfide) groups is 1. The van der Waals surface area contributed by atoms with Gasteiger partial charge in [-0.15, -0.1) is 0 Å². The lowest BCUT2D eigenvalue weighted by molar-refractivity contribution is -0.136. The third kappa shape index (κ3) is 3.06. The van der Waals surface area contributed by atoms with Crippen LogP contribution in [0.4, 0.5) is 0 Å². The normalized spacial score (nSPS) is 30.3. The SMILES string of the molecule is CSC1(C(N)=S)CCN(C(=O)C2COC(C)C2)CC1. The maximum Gasteiger partial charge on any atom is 0.228 e. The average Bonchev–Trinajstić information content (AvgIpc) is 2.84. The average molecular weight is 302 g/mol. The van der Waals surface area contributed by atoms with E-state index in [4.69, 9.17) is 22.7 Å². The molecule has 0 spiro atoms. The van der Waals surface area contributed by atoms with Gasteiger partial charge in [0.1, 0.15) is 0 Å². The first-order chi connectivity index (χ1) is 8.98. The van der Waals surface area contributed by atoms with Crippen molar-refractivity contribution in [3.63, 3.8) is 0 Å². The van der Waals surface area contributed by atoms with E-state index in [9.17, 15) is 4.79 Å². The van der Waals surface area contributed by atoms with Gasteiger partial charge < -0.3 is 15.4 Å². The van der Waals surface area contributed by atoms with Gasteiger partial charge in [-0.1, -0.05) is 12.2 Å². The first-order valence-corrected chi connectivity index (χ1v) is 8.37. The van der Waals surface area contributed by atoms with Crippen molar-refractivity contribution in [2.45, 2.75) is 37.0 Å². The van der Waals surface area contributed by atoms with E-state index >= 15 is 0 Å². The summed E-state index contributed by atoms with van der Waals surface area (Å²) < 4.78 is 5.37. The molecular formula is C13H22N2O2S2. The van der Waals surface area contributed by atoms with Crippen LogP contribution < -0.4 is 5.73 Å². The molecule has 0 aliphatic carbocycles. The van der Waals surface area contributed by atoms with Crippen molar-refractivity contribution in [2.75, 3.05) is 26.0 Å². The quantitative estimate of drug-likeness (QED) is 0.799. The molecule has 2 fully saturated rings. The molecule has 2 aliphatic rings. The summed E-state index contributed by atoms with van der Waals surface area (Å²) in [5, 5.41) is 0. The van der Waals surface area contributed by atoms with Crippen LogP contribution in [0.5, 0.6) is 0 Å². The van der Waals surface area contributed by atoms with E-state index < -0.39 is 0 Å². The van der Waals surface area contributed by atoms with Gasteiger partial charge in [0.05, 0.1) is 28.4 Å². The molecule has 2 heterocycles. The minimum atomic E-state index is -0.119. The topological polar surface area (TPSA) is 55.6 Å². The molecular weight excluding hydrogens is 280 g/mol. The van der Waals surface area contributed by atoms with E-state index in [0.717, 1.165) is 32.4 Å². The van der Waals surface area contributed by atoms with Gasteiger partial charge in [-0.25, -0.2) is 0 Å². The number of thiocarbonyl (C=S) groups is 1. The second-order valence-electron chi connectivity index (χ2n) is 5.46. The van der Waals surface area contributed by atoms with Crippen LogP contribution in [0.3, 0.4) is 0 Å². The molecule has 4 nitrogen and oxygen atoms in total. The number of hydrogen-bond donors (Lipinski definition) is 1. The summed E-state index contributed by atoms with van der Waals surface area (Å²) in [6, 6.07) is 0. The summed E-state index contributed by atoms with van der Waals surface area (Å²) in [5.41, 5.74) is 5.86. The van der Waals surface area contributed by atoms with Gasteiger partial charge in [0, 0.05) is 13.1 Å². The Bertz CT molecular complexity index is 368. The van der Waals surface area contributed by atoms with Crippen LogP contribution >= 0.6 is 24.0 Å². The molecule has 1 amide bonds. The maximum atomic E-state index is 12.4. The Morgan fingerprint density at radius 3 is 2.53 bits per heavy atom. The van der Waals surface area contributed by atoms with Gasteiger partial charge in [-0.2, -0.15) is 11.8 Å². The molecule has 2 aliphatic heterocycles. The fourth-order valence-corrected chi connectivity index (χ4v) is 4.13. The molecule has 0 saturated carbocycles. The van der Waals surface area contributed by atoms with Crippen molar-refractivity contribution in [1.29, 1.82) is 0 Å². The van der Waals surface area contributed by atoms with Gasteiger partial charge in [-0.05, 0) is 32.4 Å². The first-order valence-electron chi connectivity index (χ1n) is 6.74. The Labute approximate surface area is 124 Å². The van der Waals surface area contributed by atoms with Crippen LogP contribution in [0.1, 0.15) is 26.2 Å². The van der Waals surface area contributed by atoms with E-state index in [1.807, 2.05) is 18.1 Å². The Morgan fingerprint density at radius 1 is 1.47 bits per heavy atom. The van der Waals surface area contributed by atoms with Crippen LogP contribution in [0.15, 0.2) is 0 Å². The van der Waals surface area contributed by atoms with E-state index in [-0.39, 0.29) is 22.7 Å². The Hall–Kier alpha value is -0.330. The predicted molar refractivity (Wildman–Crippen MR) is 82.4 cm³/mol. The molecule has 0 radical (unpaired) electrons. The molecule has 6 heteroatoms. The van der Waals surface area contributed by atoms with Crippen LogP contribution in [-0.4, -0.2) is 52.6 Å². The third-order valence-corrected chi connectivity index (χ3v) is 6.20. The number of nitrogens with zero attached hydrogens (tertiary/aromatic N) is 1. The van der Waals surface area contributed by atoms with Gasteiger partial charge in [-0.3, -0.25) is 4.79 Å².